The SMILES string of the molecule is OC[C@]1(Cc2ccc(F)cc2)CN(c2ncc(Cl)cc2F)CC[C@@H]1O. The molecule has 0 unspecified atom stereocenters. The fraction of sp³-hybridized carbons (Fsp3) is 0.389. The smallest absolute Gasteiger partial charge is 0.167 e. The number of aliphatic hydroxyl groups is 2. The molecule has 2 heterocycles. The molecule has 0 amide bonds. The van der Waals surface area contributed by atoms with Crippen molar-refractivity contribution < 1.29 is 19.0 Å². The highest BCUT2D eigenvalue weighted by atomic mass is 35.5. The Labute approximate surface area is 149 Å². The van der Waals surface area contributed by atoms with Crippen LogP contribution in [-0.4, -0.2) is 41.0 Å². The third-order valence-electron chi connectivity index (χ3n) is 4.76. The van der Waals surface area contributed by atoms with Crippen molar-refractivity contribution in [2.75, 3.05) is 24.6 Å². The first-order valence-electron chi connectivity index (χ1n) is 8.03. The van der Waals surface area contributed by atoms with Gasteiger partial charge in [-0.25, -0.2) is 13.8 Å². The van der Waals surface area contributed by atoms with E-state index in [1.165, 1.54) is 24.4 Å². The normalized spacial score (nSPS) is 23.7. The van der Waals surface area contributed by atoms with Crippen molar-refractivity contribution >= 4 is 17.4 Å². The Hall–Kier alpha value is -1.76. The molecule has 1 aliphatic heterocycles. The molecule has 4 nitrogen and oxygen atoms in total. The van der Waals surface area contributed by atoms with Crippen molar-refractivity contribution in [2.24, 2.45) is 5.41 Å². The Morgan fingerprint density at radius 2 is 2.00 bits per heavy atom. The standard InChI is InChI=1S/C18H19ClF2N2O2/c19-13-7-15(21)17(22-9-13)23-6-5-16(25)18(10-23,11-24)8-12-1-3-14(20)4-2-12/h1-4,7,9,16,24-25H,5-6,8,10-11H2/t16-,18-/m0/s1. The molecular weight excluding hydrogens is 350 g/mol. The molecule has 0 aliphatic carbocycles. The summed E-state index contributed by atoms with van der Waals surface area (Å²) in [6, 6.07) is 7.12. The van der Waals surface area contributed by atoms with Crippen molar-refractivity contribution in [3.63, 3.8) is 0 Å². The zero-order valence-electron chi connectivity index (χ0n) is 13.5. The van der Waals surface area contributed by atoms with E-state index in [-0.39, 0.29) is 29.8 Å². The van der Waals surface area contributed by atoms with Gasteiger partial charge < -0.3 is 15.1 Å². The van der Waals surface area contributed by atoms with Gasteiger partial charge in [0, 0.05) is 24.7 Å². The van der Waals surface area contributed by atoms with Gasteiger partial charge >= 0.3 is 0 Å². The second kappa shape index (κ2) is 7.23. The third-order valence-corrected chi connectivity index (χ3v) is 4.96. The Morgan fingerprint density at radius 3 is 2.64 bits per heavy atom. The number of piperidine rings is 1. The van der Waals surface area contributed by atoms with Crippen LogP contribution < -0.4 is 4.90 Å². The van der Waals surface area contributed by atoms with Gasteiger partial charge in [0.1, 0.15) is 5.82 Å². The van der Waals surface area contributed by atoms with E-state index >= 15 is 0 Å². The van der Waals surface area contributed by atoms with E-state index in [2.05, 4.69) is 4.98 Å². The average Bonchev–Trinajstić information content (AvgIpc) is 2.59. The van der Waals surface area contributed by atoms with Gasteiger partial charge in [-0.2, -0.15) is 0 Å². The van der Waals surface area contributed by atoms with E-state index in [1.54, 1.807) is 17.0 Å². The Bertz CT molecular complexity index is 744. The Balaban J connectivity index is 1.87. The quantitative estimate of drug-likeness (QED) is 0.871. The van der Waals surface area contributed by atoms with E-state index in [4.69, 9.17) is 11.6 Å². The van der Waals surface area contributed by atoms with Gasteiger partial charge in [-0.1, -0.05) is 23.7 Å². The Morgan fingerprint density at radius 1 is 1.28 bits per heavy atom. The fourth-order valence-corrected chi connectivity index (χ4v) is 3.51. The first-order chi connectivity index (χ1) is 11.9. The van der Waals surface area contributed by atoms with Crippen LogP contribution in [-0.2, 0) is 6.42 Å². The largest absolute Gasteiger partial charge is 0.396 e. The molecule has 2 atom stereocenters. The minimum absolute atomic E-state index is 0.147. The number of rotatable bonds is 4. The molecule has 1 aromatic heterocycles. The van der Waals surface area contributed by atoms with E-state index in [9.17, 15) is 19.0 Å². The predicted octanol–water partition coefficient (Wildman–Crippen LogP) is 2.81. The second-order valence-corrected chi connectivity index (χ2v) is 6.95. The first-order valence-corrected chi connectivity index (χ1v) is 8.41. The third kappa shape index (κ3) is 3.76. The molecule has 1 saturated heterocycles. The maximum atomic E-state index is 14.2. The number of hydrogen-bond acceptors (Lipinski definition) is 4. The summed E-state index contributed by atoms with van der Waals surface area (Å²) >= 11 is 5.75. The number of anilines is 1. The van der Waals surface area contributed by atoms with Crippen LogP contribution in [0, 0.1) is 17.0 Å². The summed E-state index contributed by atoms with van der Waals surface area (Å²) in [4.78, 5) is 5.76. The summed E-state index contributed by atoms with van der Waals surface area (Å²) in [5.74, 6) is -0.745. The summed E-state index contributed by atoms with van der Waals surface area (Å²) in [6.45, 7) is 0.364. The minimum atomic E-state index is -0.885. The highest BCUT2D eigenvalue weighted by Gasteiger charge is 2.43. The molecule has 25 heavy (non-hydrogen) atoms. The topological polar surface area (TPSA) is 56.6 Å². The minimum Gasteiger partial charge on any atom is -0.396 e. The van der Waals surface area contributed by atoms with E-state index in [1.807, 2.05) is 0 Å². The maximum Gasteiger partial charge on any atom is 0.167 e. The first kappa shape index (κ1) is 18.0. The molecule has 1 aliphatic rings. The average molecular weight is 369 g/mol. The molecule has 0 spiro atoms. The maximum absolute atomic E-state index is 14.2. The zero-order chi connectivity index (χ0) is 18.0. The summed E-state index contributed by atoms with van der Waals surface area (Å²) in [7, 11) is 0. The van der Waals surface area contributed by atoms with Gasteiger partial charge in [0.2, 0.25) is 0 Å². The lowest BCUT2D eigenvalue weighted by Gasteiger charge is -2.46. The summed E-state index contributed by atoms with van der Waals surface area (Å²) in [5, 5.41) is 20.7. The number of benzene rings is 1. The van der Waals surface area contributed by atoms with Crippen LogP contribution in [0.4, 0.5) is 14.6 Å². The lowest BCUT2D eigenvalue weighted by atomic mass is 9.73. The number of pyridine rings is 1. The second-order valence-electron chi connectivity index (χ2n) is 6.51. The summed E-state index contributed by atoms with van der Waals surface area (Å²) in [5.41, 5.74) is -0.0926. The Kier molecular flexibility index (Phi) is 5.22. The van der Waals surface area contributed by atoms with Crippen LogP contribution in [0.3, 0.4) is 0 Å². The van der Waals surface area contributed by atoms with Crippen molar-refractivity contribution in [1.82, 2.24) is 4.98 Å². The number of aliphatic hydroxyl groups excluding tert-OH is 2. The van der Waals surface area contributed by atoms with E-state index in [0.29, 0.717) is 19.4 Å². The number of hydrogen-bond donors (Lipinski definition) is 2. The highest BCUT2D eigenvalue weighted by molar-refractivity contribution is 6.30. The molecule has 2 N–H and O–H groups in total. The molecule has 134 valence electrons. The predicted molar refractivity (Wildman–Crippen MR) is 91.7 cm³/mol. The molecule has 1 fully saturated rings. The molecule has 0 saturated carbocycles. The molecule has 3 rings (SSSR count). The number of halogens is 3. The van der Waals surface area contributed by atoms with Crippen LogP contribution in [0.5, 0.6) is 0 Å². The van der Waals surface area contributed by atoms with Gasteiger partial charge in [-0.3, -0.25) is 0 Å². The zero-order valence-corrected chi connectivity index (χ0v) is 14.3. The summed E-state index contributed by atoms with van der Waals surface area (Å²) in [6.07, 6.45) is 1.32. The number of nitrogens with zero attached hydrogens (tertiary/aromatic N) is 2. The molecule has 2 aromatic rings. The summed E-state index contributed by atoms with van der Waals surface area (Å²) < 4.78 is 27.3. The van der Waals surface area contributed by atoms with E-state index < -0.39 is 17.3 Å². The molecule has 7 heteroatoms. The van der Waals surface area contributed by atoms with Crippen LogP contribution in [0.2, 0.25) is 5.02 Å². The van der Waals surface area contributed by atoms with Crippen molar-refractivity contribution in [1.29, 1.82) is 0 Å². The molecular formula is C18H19ClF2N2O2. The lowest BCUT2D eigenvalue weighted by Crippen LogP contribution is -2.55. The molecule has 0 radical (unpaired) electrons. The molecule has 1 aromatic carbocycles. The van der Waals surface area contributed by atoms with Crippen molar-refractivity contribution in [3.05, 3.63) is 58.7 Å². The van der Waals surface area contributed by atoms with Crippen LogP contribution in [0.15, 0.2) is 36.5 Å². The van der Waals surface area contributed by atoms with Gasteiger partial charge in [0.05, 0.1) is 17.7 Å². The van der Waals surface area contributed by atoms with Gasteiger partial charge in [-0.15, -0.1) is 0 Å². The lowest BCUT2D eigenvalue weighted by molar-refractivity contribution is -0.0294. The van der Waals surface area contributed by atoms with Crippen LogP contribution in [0.1, 0.15) is 12.0 Å². The highest BCUT2D eigenvalue weighted by Crippen LogP contribution is 2.36. The fourth-order valence-electron chi connectivity index (χ4n) is 3.36. The van der Waals surface area contributed by atoms with Crippen LogP contribution in [0.25, 0.3) is 0 Å². The van der Waals surface area contributed by atoms with Crippen molar-refractivity contribution in [3.8, 4) is 0 Å². The monoisotopic (exact) mass is 368 g/mol. The molecule has 0 bridgehead atoms. The number of aromatic nitrogens is 1. The van der Waals surface area contributed by atoms with E-state index in [0.717, 1.165) is 5.56 Å². The van der Waals surface area contributed by atoms with Gasteiger partial charge in [-0.05, 0) is 36.6 Å². The van der Waals surface area contributed by atoms with Crippen LogP contribution >= 0.6 is 11.6 Å². The van der Waals surface area contributed by atoms with Gasteiger partial charge in [0.15, 0.2) is 11.6 Å². The van der Waals surface area contributed by atoms with Crippen molar-refractivity contribution in [2.45, 2.75) is 18.9 Å². The van der Waals surface area contributed by atoms with Gasteiger partial charge in [0.25, 0.3) is 0 Å².